The number of rotatable bonds is 9. The molecule has 0 unspecified atom stereocenters. The first kappa shape index (κ1) is 27.5. The van der Waals surface area contributed by atoms with Crippen LogP contribution in [-0.2, 0) is 11.3 Å². The van der Waals surface area contributed by atoms with Crippen LogP contribution >= 0.6 is 0 Å². The fraction of sp³-hybridized carbons (Fsp3) is 0.0690. The highest BCUT2D eigenvalue weighted by Crippen LogP contribution is 2.37. The molecular formula is C29H19N3O10. The summed E-state index contributed by atoms with van der Waals surface area (Å²) in [4.78, 5) is 60.9. The maximum Gasteiger partial charge on any atom is 0.338 e. The molecule has 0 aromatic heterocycles. The van der Waals surface area contributed by atoms with Gasteiger partial charge in [-0.2, -0.15) is 0 Å². The standard InChI is InChI=1S/C29H19N3O10/c1-40-21-10-12-25(26(15-21)32(38)39)30-27(33)23-11-5-18(14-24(23)28(30)34)29(35)41-16-17-3-2-4-22(13-17)42-20-8-6-19(7-9-20)31(36)37/h2-15H,16H2,1H3. The lowest BCUT2D eigenvalue weighted by Crippen LogP contribution is -2.30. The molecule has 4 aromatic carbocycles. The molecule has 1 heterocycles. The smallest absolute Gasteiger partial charge is 0.338 e. The predicted octanol–water partition coefficient (Wildman–Crippen LogP) is 5.46. The monoisotopic (exact) mass is 569 g/mol. The molecule has 13 nitrogen and oxygen atoms in total. The number of hydrogen-bond donors (Lipinski definition) is 0. The first-order chi connectivity index (χ1) is 20.2. The number of esters is 1. The molecule has 13 heteroatoms. The molecule has 210 valence electrons. The van der Waals surface area contributed by atoms with E-state index in [9.17, 15) is 34.6 Å². The first-order valence-corrected chi connectivity index (χ1v) is 12.2. The average molecular weight is 569 g/mol. The van der Waals surface area contributed by atoms with Gasteiger partial charge in [0.1, 0.15) is 29.5 Å². The molecular weight excluding hydrogens is 550 g/mol. The number of methoxy groups -OCH3 is 1. The molecule has 1 aliphatic heterocycles. The Hall–Kier alpha value is -6.11. The van der Waals surface area contributed by atoms with Crippen molar-refractivity contribution >= 4 is 34.8 Å². The minimum Gasteiger partial charge on any atom is -0.496 e. The van der Waals surface area contributed by atoms with Gasteiger partial charge in [-0.1, -0.05) is 12.1 Å². The summed E-state index contributed by atoms with van der Waals surface area (Å²) in [5.74, 6) is -1.40. The summed E-state index contributed by atoms with van der Waals surface area (Å²) in [7, 11) is 1.33. The third kappa shape index (κ3) is 5.34. The van der Waals surface area contributed by atoms with E-state index in [-0.39, 0.29) is 40.4 Å². The molecule has 0 saturated heterocycles. The van der Waals surface area contributed by atoms with E-state index in [0.29, 0.717) is 22.0 Å². The number of nitro benzene ring substituents is 2. The summed E-state index contributed by atoms with van der Waals surface area (Å²) in [5, 5.41) is 22.4. The SMILES string of the molecule is COc1ccc(N2C(=O)c3ccc(C(=O)OCc4cccc(Oc5ccc([N+](=O)[O-])cc5)c4)cc3C2=O)c([N+](=O)[O-])c1. The molecule has 0 saturated carbocycles. The number of anilines is 1. The molecule has 0 fully saturated rings. The number of benzene rings is 4. The second-order valence-corrected chi connectivity index (χ2v) is 8.89. The van der Waals surface area contributed by atoms with Crippen LogP contribution in [-0.4, -0.2) is 34.7 Å². The first-order valence-electron chi connectivity index (χ1n) is 12.2. The Labute approximate surface area is 236 Å². The number of nitrogens with zero attached hydrogens (tertiary/aromatic N) is 3. The van der Waals surface area contributed by atoms with Crippen LogP contribution in [0.25, 0.3) is 0 Å². The highest BCUT2D eigenvalue weighted by molar-refractivity contribution is 6.35. The van der Waals surface area contributed by atoms with Crippen molar-refractivity contribution in [3.05, 3.63) is 127 Å². The zero-order valence-corrected chi connectivity index (χ0v) is 21.7. The van der Waals surface area contributed by atoms with Crippen molar-refractivity contribution in [3.63, 3.8) is 0 Å². The van der Waals surface area contributed by atoms with Gasteiger partial charge in [-0.15, -0.1) is 0 Å². The maximum atomic E-state index is 13.2. The van der Waals surface area contributed by atoms with Crippen molar-refractivity contribution in [3.8, 4) is 17.2 Å². The van der Waals surface area contributed by atoms with Gasteiger partial charge in [0.05, 0.1) is 39.7 Å². The minimum absolute atomic E-state index is 0.000680. The summed E-state index contributed by atoms with van der Waals surface area (Å²) >= 11 is 0. The number of hydrogen-bond acceptors (Lipinski definition) is 10. The number of nitro groups is 2. The minimum atomic E-state index is -0.825. The Bertz CT molecular complexity index is 1770. The van der Waals surface area contributed by atoms with Crippen LogP contribution in [0.1, 0.15) is 36.6 Å². The van der Waals surface area contributed by atoms with Crippen molar-refractivity contribution in [1.29, 1.82) is 0 Å². The van der Waals surface area contributed by atoms with Gasteiger partial charge < -0.3 is 14.2 Å². The van der Waals surface area contributed by atoms with Gasteiger partial charge in [0, 0.05) is 12.1 Å². The molecule has 0 bridgehead atoms. The van der Waals surface area contributed by atoms with Crippen LogP contribution in [0, 0.1) is 20.2 Å². The molecule has 0 atom stereocenters. The van der Waals surface area contributed by atoms with E-state index in [1.54, 1.807) is 24.3 Å². The van der Waals surface area contributed by atoms with Gasteiger partial charge in [0.25, 0.3) is 23.2 Å². The molecule has 0 N–H and O–H groups in total. The van der Waals surface area contributed by atoms with E-state index in [1.165, 1.54) is 61.7 Å². The van der Waals surface area contributed by atoms with E-state index in [1.807, 2.05) is 0 Å². The van der Waals surface area contributed by atoms with Gasteiger partial charge in [-0.25, -0.2) is 9.69 Å². The second kappa shape index (κ2) is 11.2. The molecule has 0 radical (unpaired) electrons. The van der Waals surface area contributed by atoms with Crippen LogP contribution in [0.3, 0.4) is 0 Å². The van der Waals surface area contributed by atoms with Crippen molar-refractivity contribution in [2.45, 2.75) is 6.61 Å². The molecule has 4 aromatic rings. The second-order valence-electron chi connectivity index (χ2n) is 8.89. The third-order valence-electron chi connectivity index (χ3n) is 6.29. The highest BCUT2D eigenvalue weighted by Gasteiger charge is 2.40. The Morgan fingerprint density at radius 2 is 1.50 bits per heavy atom. The van der Waals surface area contributed by atoms with Crippen LogP contribution in [0.2, 0.25) is 0 Å². The molecule has 1 aliphatic rings. The van der Waals surface area contributed by atoms with E-state index >= 15 is 0 Å². The number of fused-ring (bicyclic) bond motifs is 1. The predicted molar refractivity (Wildman–Crippen MR) is 146 cm³/mol. The topological polar surface area (TPSA) is 168 Å². The van der Waals surface area contributed by atoms with Crippen LogP contribution in [0.15, 0.2) is 84.9 Å². The average Bonchev–Trinajstić information content (AvgIpc) is 3.24. The van der Waals surface area contributed by atoms with Gasteiger partial charge in [0.2, 0.25) is 0 Å². The molecule has 42 heavy (non-hydrogen) atoms. The Morgan fingerprint density at radius 1 is 0.786 bits per heavy atom. The number of carbonyl (C=O) groups excluding carboxylic acids is 3. The van der Waals surface area contributed by atoms with E-state index < -0.39 is 33.3 Å². The summed E-state index contributed by atoms with van der Waals surface area (Å²) < 4.78 is 16.1. The lowest BCUT2D eigenvalue weighted by atomic mass is 10.1. The number of amides is 2. The highest BCUT2D eigenvalue weighted by atomic mass is 16.6. The maximum absolute atomic E-state index is 13.2. The van der Waals surface area contributed by atoms with Crippen molar-refractivity contribution in [2.24, 2.45) is 0 Å². The fourth-order valence-electron chi connectivity index (χ4n) is 4.26. The lowest BCUT2D eigenvalue weighted by Gasteiger charge is -2.14. The Balaban J connectivity index is 1.29. The zero-order valence-electron chi connectivity index (χ0n) is 21.7. The summed E-state index contributed by atoms with van der Waals surface area (Å²) in [6, 6.07) is 19.8. The Kier molecular flexibility index (Phi) is 7.30. The van der Waals surface area contributed by atoms with E-state index in [2.05, 4.69) is 0 Å². The molecule has 0 aliphatic carbocycles. The number of imide groups is 1. The van der Waals surface area contributed by atoms with Crippen LogP contribution in [0.5, 0.6) is 17.2 Å². The molecule has 0 spiro atoms. The van der Waals surface area contributed by atoms with Crippen molar-refractivity contribution < 1.29 is 38.4 Å². The normalized spacial score (nSPS) is 12.1. The van der Waals surface area contributed by atoms with Gasteiger partial charge in [-0.05, 0) is 60.2 Å². The van der Waals surface area contributed by atoms with Crippen LogP contribution < -0.4 is 14.4 Å². The number of ether oxygens (including phenoxy) is 3. The number of carbonyl (C=O) groups is 3. The zero-order chi connectivity index (χ0) is 30.0. The van der Waals surface area contributed by atoms with Gasteiger partial charge in [-0.3, -0.25) is 29.8 Å². The fourth-order valence-corrected chi connectivity index (χ4v) is 4.26. The molecule has 5 rings (SSSR count). The van der Waals surface area contributed by atoms with E-state index in [4.69, 9.17) is 14.2 Å². The molecule has 2 amide bonds. The summed E-state index contributed by atoms with van der Waals surface area (Å²) in [6.07, 6.45) is 0. The largest absolute Gasteiger partial charge is 0.496 e. The third-order valence-corrected chi connectivity index (χ3v) is 6.29. The van der Waals surface area contributed by atoms with Crippen molar-refractivity contribution in [2.75, 3.05) is 12.0 Å². The van der Waals surface area contributed by atoms with Gasteiger partial charge >= 0.3 is 5.97 Å². The quantitative estimate of drug-likeness (QED) is 0.109. The summed E-state index contributed by atoms with van der Waals surface area (Å²) in [6.45, 7) is -0.148. The Morgan fingerprint density at radius 3 is 2.19 bits per heavy atom. The van der Waals surface area contributed by atoms with E-state index in [0.717, 1.165) is 6.07 Å². The lowest BCUT2D eigenvalue weighted by molar-refractivity contribution is -0.384. The summed E-state index contributed by atoms with van der Waals surface area (Å²) in [5.41, 5.74) is -0.339. The number of non-ortho nitro benzene ring substituents is 1. The van der Waals surface area contributed by atoms with Crippen molar-refractivity contribution in [1.82, 2.24) is 0 Å². The van der Waals surface area contributed by atoms with Gasteiger partial charge in [0.15, 0.2) is 0 Å². The van der Waals surface area contributed by atoms with Crippen LogP contribution in [0.4, 0.5) is 17.1 Å².